The molecule has 0 unspecified atom stereocenters. The van der Waals surface area contributed by atoms with Crippen molar-refractivity contribution in [2.24, 2.45) is 5.73 Å². The number of hydrogen-bond donors (Lipinski definition) is 2. The van der Waals surface area contributed by atoms with Crippen LogP contribution in [0.1, 0.15) is 11.3 Å². The number of benzene rings is 2. The molecule has 0 saturated carbocycles. The molecule has 0 amide bonds. The molecule has 4 aromatic rings. The first-order valence-corrected chi connectivity index (χ1v) is 10.3. The van der Waals surface area contributed by atoms with Gasteiger partial charge in [0.2, 0.25) is 0 Å². The van der Waals surface area contributed by atoms with Gasteiger partial charge in [0.15, 0.2) is 11.5 Å². The molecule has 0 radical (unpaired) electrons. The van der Waals surface area contributed by atoms with Crippen molar-refractivity contribution in [3.8, 4) is 28.4 Å². The van der Waals surface area contributed by atoms with Crippen molar-refractivity contribution in [3.05, 3.63) is 66.1 Å². The molecule has 0 fully saturated rings. The van der Waals surface area contributed by atoms with E-state index in [1.54, 1.807) is 6.20 Å². The Morgan fingerprint density at radius 3 is 2.81 bits per heavy atom. The van der Waals surface area contributed by atoms with Crippen LogP contribution in [0.5, 0.6) is 17.2 Å². The average Bonchev–Trinajstić information content (AvgIpc) is 3.18. The number of pyridine rings is 1. The summed E-state index contributed by atoms with van der Waals surface area (Å²) in [6.45, 7) is 3.54. The van der Waals surface area contributed by atoms with Gasteiger partial charge in [0.05, 0.1) is 17.4 Å². The molecule has 158 valence electrons. The third kappa shape index (κ3) is 4.18. The van der Waals surface area contributed by atoms with Gasteiger partial charge in [-0.15, -0.1) is 0 Å². The second-order valence-corrected chi connectivity index (χ2v) is 7.73. The van der Waals surface area contributed by atoms with E-state index in [-0.39, 0.29) is 6.04 Å². The Labute approximate surface area is 180 Å². The maximum Gasteiger partial charge on any atom is 0.161 e. The molecule has 1 atom stereocenters. The SMILES string of the molecule is Cc1n[nH]c2ccc(-c3cncc(OC[C@@H](N)Cc4ccc5c(c4)OCCO5)c3)cc12. The van der Waals surface area contributed by atoms with Gasteiger partial charge in [-0.1, -0.05) is 12.1 Å². The molecule has 0 aliphatic carbocycles. The van der Waals surface area contributed by atoms with E-state index in [1.807, 2.05) is 49.5 Å². The van der Waals surface area contributed by atoms with Gasteiger partial charge in [0.25, 0.3) is 0 Å². The number of hydrogen-bond acceptors (Lipinski definition) is 6. The van der Waals surface area contributed by atoms with Crippen LogP contribution in [0.3, 0.4) is 0 Å². The fourth-order valence-corrected chi connectivity index (χ4v) is 3.76. The smallest absolute Gasteiger partial charge is 0.161 e. The van der Waals surface area contributed by atoms with Gasteiger partial charge in [-0.25, -0.2) is 0 Å². The second kappa shape index (κ2) is 8.28. The number of fused-ring (bicyclic) bond motifs is 2. The summed E-state index contributed by atoms with van der Waals surface area (Å²) in [5, 5.41) is 8.39. The van der Waals surface area contributed by atoms with Crippen molar-refractivity contribution < 1.29 is 14.2 Å². The summed E-state index contributed by atoms with van der Waals surface area (Å²) >= 11 is 0. The van der Waals surface area contributed by atoms with Crippen LogP contribution in [0, 0.1) is 6.92 Å². The van der Waals surface area contributed by atoms with Gasteiger partial charge in [0, 0.05) is 23.2 Å². The summed E-state index contributed by atoms with van der Waals surface area (Å²) in [5.74, 6) is 2.25. The summed E-state index contributed by atoms with van der Waals surface area (Å²) in [6.07, 6.45) is 4.22. The number of ether oxygens (including phenoxy) is 3. The highest BCUT2D eigenvalue weighted by Crippen LogP contribution is 2.31. The zero-order chi connectivity index (χ0) is 21.2. The summed E-state index contributed by atoms with van der Waals surface area (Å²) in [4.78, 5) is 4.34. The van der Waals surface area contributed by atoms with Crippen LogP contribution >= 0.6 is 0 Å². The van der Waals surface area contributed by atoms with Crippen molar-refractivity contribution in [2.45, 2.75) is 19.4 Å². The van der Waals surface area contributed by atoms with Crippen molar-refractivity contribution in [2.75, 3.05) is 19.8 Å². The molecule has 0 spiro atoms. The first kappa shape index (κ1) is 19.4. The van der Waals surface area contributed by atoms with Crippen molar-refractivity contribution in [1.82, 2.24) is 15.2 Å². The van der Waals surface area contributed by atoms with Crippen LogP contribution in [0.2, 0.25) is 0 Å². The summed E-state index contributed by atoms with van der Waals surface area (Å²) < 4.78 is 17.2. The fourth-order valence-electron chi connectivity index (χ4n) is 3.76. The summed E-state index contributed by atoms with van der Waals surface area (Å²) in [7, 11) is 0. The molecule has 2 aromatic heterocycles. The standard InChI is InChI=1S/C24H24N4O3/c1-15-21-11-17(3-4-22(21)28-27-15)18-10-20(13-26-12-18)31-14-19(25)8-16-2-5-23-24(9-16)30-7-6-29-23/h2-5,9-13,19H,6-8,14,25H2,1H3,(H,27,28)/t19-/m0/s1. The number of nitrogens with zero attached hydrogens (tertiary/aromatic N) is 2. The molecule has 1 aliphatic rings. The minimum absolute atomic E-state index is 0.156. The van der Waals surface area contributed by atoms with E-state index in [0.29, 0.717) is 32.0 Å². The van der Waals surface area contributed by atoms with Gasteiger partial charge >= 0.3 is 0 Å². The average molecular weight is 416 g/mol. The van der Waals surface area contributed by atoms with E-state index in [2.05, 4.69) is 21.2 Å². The van der Waals surface area contributed by atoms with Gasteiger partial charge in [-0.3, -0.25) is 10.1 Å². The maximum atomic E-state index is 6.32. The van der Waals surface area contributed by atoms with Crippen LogP contribution in [0.4, 0.5) is 0 Å². The Morgan fingerprint density at radius 2 is 1.90 bits per heavy atom. The molecule has 3 N–H and O–H groups in total. The lowest BCUT2D eigenvalue weighted by Gasteiger charge is -2.20. The zero-order valence-corrected chi connectivity index (χ0v) is 17.3. The molecular formula is C24H24N4O3. The Bertz CT molecular complexity index is 1220. The number of aryl methyl sites for hydroxylation is 1. The van der Waals surface area contributed by atoms with Crippen LogP contribution < -0.4 is 19.9 Å². The van der Waals surface area contributed by atoms with Crippen molar-refractivity contribution in [1.29, 1.82) is 0 Å². The predicted molar refractivity (Wildman–Crippen MR) is 119 cm³/mol. The first-order valence-electron chi connectivity index (χ1n) is 10.3. The highest BCUT2D eigenvalue weighted by molar-refractivity contribution is 5.86. The number of rotatable bonds is 6. The molecular weight excluding hydrogens is 392 g/mol. The van der Waals surface area contributed by atoms with E-state index >= 15 is 0 Å². The highest BCUT2D eigenvalue weighted by atomic mass is 16.6. The largest absolute Gasteiger partial charge is 0.490 e. The topological polar surface area (TPSA) is 95.3 Å². The Balaban J connectivity index is 1.24. The number of aromatic nitrogens is 3. The second-order valence-electron chi connectivity index (χ2n) is 7.73. The predicted octanol–water partition coefficient (Wildman–Crippen LogP) is 3.65. The zero-order valence-electron chi connectivity index (χ0n) is 17.3. The maximum absolute atomic E-state index is 6.32. The van der Waals surface area contributed by atoms with Crippen molar-refractivity contribution in [3.63, 3.8) is 0 Å². The van der Waals surface area contributed by atoms with Gasteiger partial charge in [-0.2, -0.15) is 5.10 Å². The third-order valence-corrected chi connectivity index (χ3v) is 5.37. The van der Waals surface area contributed by atoms with Crippen molar-refractivity contribution >= 4 is 10.9 Å². The van der Waals surface area contributed by atoms with Crippen LogP contribution in [-0.2, 0) is 6.42 Å². The molecule has 7 nitrogen and oxygen atoms in total. The lowest BCUT2D eigenvalue weighted by atomic mass is 10.0. The number of nitrogens with one attached hydrogen (secondary N) is 1. The summed E-state index contributed by atoms with van der Waals surface area (Å²) in [6, 6.07) is 14.0. The lowest BCUT2D eigenvalue weighted by Crippen LogP contribution is -2.30. The molecule has 0 bridgehead atoms. The molecule has 2 aromatic carbocycles. The Hall–Kier alpha value is -3.58. The molecule has 7 heteroatoms. The fraction of sp³-hybridized carbons (Fsp3) is 0.250. The minimum atomic E-state index is -0.156. The normalized spacial score (nSPS) is 13.9. The van der Waals surface area contributed by atoms with Crippen LogP contribution in [0.25, 0.3) is 22.0 Å². The molecule has 1 aliphatic heterocycles. The van der Waals surface area contributed by atoms with E-state index in [0.717, 1.165) is 44.8 Å². The molecule has 31 heavy (non-hydrogen) atoms. The minimum Gasteiger partial charge on any atom is -0.490 e. The van der Waals surface area contributed by atoms with Gasteiger partial charge in [-0.05, 0) is 54.8 Å². The number of aromatic amines is 1. The van der Waals surface area contributed by atoms with Crippen LogP contribution in [0.15, 0.2) is 54.9 Å². The van der Waals surface area contributed by atoms with Gasteiger partial charge < -0.3 is 19.9 Å². The molecule has 5 rings (SSSR count). The third-order valence-electron chi connectivity index (χ3n) is 5.37. The highest BCUT2D eigenvalue weighted by Gasteiger charge is 2.14. The molecule has 3 heterocycles. The van der Waals surface area contributed by atoms with Gasteiger partial charge in [0.1, 0.15) is 25.6 Å². The van der Waals surface area contributed by atoms with E-state index in [1.165, 1.54) is 0 Å². The Morgan fingerprint density at radius 1 is 1.03 bits per heavy atom. The monoisotopic (exact) mass is 416 g/mol. The van der Waals surface area contributed by atoms with E-state index in [9.17, 15) is 0 Å². The van der Waals surface area contributed by atoms with E-state index in [4.69, 9.17) is 19.9 Å². The van der Waals surface area contributed by atoms with E-state index < -0.39 is 0 Å². The number of H-pyrrole nitrogens is 1. The van der Waals surface area contributed by atoms with Crippen LogP contribution in [-0.4, -0.2) is 41.0 Å². The lowest BCUT2D eigenvalue weighted by molar-refractivity contribution is 0.171. The molecule has 0 saturated heterocycles. The quantitative estimate of drug-likeness (QED) is 0.498. The Kier molecular flexibility index (Phi) is 5.18. The first-order chi connectivity index (χ1) is 15.2. The summed E-state index contributed by atoms with van der Waals surface area (Å²) in [5.41, 5.74) is 11.5. The number of nitrogens with two attached hydrogens (primary N) is 1.